The number of hydrogen-bond acceptors (Lipinski definition) is 6. The minimum Gasteiger partial charge on any atom is -0.436 e. The zero-order valence-corrected chi connectivity index (χ0v) is 31.0. The van der Waals surface area contributed by atoms with Crippen LogP contribution < -0.4 is 10.6 Å². The maximum Gasteiger partial charge on any atom is 0.266 e. The number of rotatable bonds is 12. The number of aromatic nitrogens is 1. The Kier molecular flexibility index (Phi) is 10.9. The van der Waals surface area contributed by atoms with Crippen molar-refractivity contribution in [3.63, 3.8) is 0 Å². The summed E-state index contributed by atoms with van der Waals surface area (Å²) in [5, 5.41) is 5.60. The van der Waals surface area contributed by atoms with Gasteiger partial charge < -0.3 is 15.1 Å². The summed E-state index contributed by atoms with van der Waals surface area (Å²) in [6, 6.07) is 37.0. The molecule has 6 aromatic rings. The maximum atomic E-state index is 14.0. The van der Waals surface area contributed by atoms with Gasteiger partial charge in [0, 0.05) is 23.4 Å². The summed E-state index contributed by atoms with van der Waals surface area (Å²) in [6.45, 7) is 8.36. The van der Waals surface area contributed by atoms with Crippen molar-refractivity contribution >= 4 is 38.7 Å². The number of nitrogens with one attached hydrogen (secondary N) is 2. The number of aryl methyl sites for hydroxylation is 2. The second kappa shape index (κ2) is 15.6. The second-order valence-corrected chi connectivity index (χ2v) is 15.9. The normalized spacial score (nSPS) is 12.4. The van der Waals surface area contributed by atoms with Crippen molar-refractivity contribution in [2.24, 2.45) is 0 Å². The Bertz CT molecular complexity index is 2320. The number of fused-ring (bicyclic) bond motifs is 1. The summed E-state index contributed by atoms with van der Waals surface area (Å²) in [5.74, 6) is -1.11. The molecule has 0 radical (unpaired) electrons. The number of hydrogen-bond donors (Lipinski definition) is 3. The van der Waals surface area contributed by atoms with Gasteiger partial charge in [0.15, 0.2) is 5.58 Å². The van der Waals surface area contributed by atoms with E-state index in [9.17, 15) is 18.0 Å². The molecule has 0 aliphatic carbocycles. The van der Waals surface area contributed by atoms with E-state index in [1.807, 2.05) is 85.8 Å². The molecule has 1 heterocycles. The quantitative estimate of drug-likeness (QED) is 0.107. The number of carbonyl (C=O) groups is 2. The monoisotopic (exact) mass is 729 g/mol. The summed E-state index contributed by atoms with van der Waals surface area (Å²) in [7, 11) is -4.17. The Morgan fingerprint density at radius 3 is 2.04 bits per heavy atom. The van der Waals surface area contributed by atoms with Crippen LogP contribution in [-0.2, 0) is 26.7 Å². The van der Waals surface area contributed by atoms with Gasteiger partial charge in [-0.2, -0.15) is 8.42 Å². The molecule has 0 fully saturated rings. The lowest BCUT2D eigenvalue weighted by Crippen LogP contribution is -2.28. The third-order valence-corrected chi connectivity index (χ3v) is 10.0. The number of para-hydroxylation sites is 1. The lowest BCUT2D eigenvalue weighted by Gasteiger charge is -2.20. The van der Waals surface area contributed by atoms with Crippen LogP contribution in [0.25, 0.3) is 33.7 Å². The van der Waals surface area contributed by atoms with Gasteiger partial charge in [0.05, 0.1) is 11.7 Å². The van der Waals surface area contributed by atoms with E-state index in [4.69, 9.17) is 8.97 Å². The van der Waals surface area contributed by atoms with Crippen LogP contribution in [0.1, 0.15) is 65.7 Å². The molecule has 0 saturated heterocycles. The number of carbonyl (C=O) groups excluding carboxylic acids is 2. The Balaban J connectivity index is 1.18. The molecule has 0 spiro atoms. The second-order valence-electron chi connectivity index (χ2n) is 14.3. The molecule has 0 unspecified atom stereocenters. The summed E-state index contributed by atoms with van der Waals surface area (Å²) >= 11 is 0. The van der Waals surface area contributed by atoms with Crippen molar-refractivity contribution in [3.05, 3.63) is 143 Å². The Morgan fingerprint density at radius 1 is 0.811 bits per heavy atom. The lowest BCUT2D eigenvalue weighted by molar-refractivity contribution is -0.117. The smallest absolute Gasteiger partial charge is 0.266 e. The average molecular weight is 730 g/mol. The van der Waals surface area contributed by atoms with Crippen LogP contribution in [0, 0.1) is 6.92 Å². The van der Waals surface area contributed by atoms with Gasteiger partial charge in [-0.25, -0.2) is 4.98 Å². The lowest BCUT2D eigenvalue weighted by atomic mass is 9.86. The molecule has 1 aromatic heterocycles. The number of nitrogens with zero attached hydrogens (tertiary/aromatic N) is 1. The van der Waals surface area contributed by atoms with Crippen LogP contribution in [0.5, 0.6) is 0 Å². The highest BCUT2D eigenvalue weighted by atomic mass is 32.2. The first-order valence-electron chi connectivity index (χ1n) is 17.5. The van der Waals surface area contributed by atoms with E-state index in [0.29, 0.717) is 30.0 Å². The molecule has 272 valence electrons. The van der Waals surface area contributed by atoms with Crippen molar-refractivity contribution in [1.29, 1.82) is 0 Å². The van der Waals surface area contributed by atoms with Gasteiger partial charge >= 0.3 is 0 Å². The molecular formula is C43H43N3O6S. The zero-order chi connectivity index (χ0) is 37.8. The van der Waals surface area contributed by atoms with E-state index < -0.39 is 27.7 Å². The highest BCUT2D eigenvalue weighted by molar-refractivity contribution is 7.85. The minimum absolute atomic E-state index is 0.0607. The minimum atomic E-state index is -4.17. The largest absolute Gasteiger partial charge is 0.436 e. The van der Waals surface area contributed by atoms with Gasteiger partial charge in [0.2, 0.25) is 11.8 Å². The van der Waals surface area contributed by atoms with Crippen LogP contribution in [0.2, 0.25) is 0 Å². The predicted octanol–water partition coefficient (Wildman–Crippen LogP) is 8.74. The van der Waals surface area contributed by atoms with Crippen LogP contribution in [-0.4, -0.2) is 42.1 Å². The first-order valence-corrected chi connectivity index (χ1v) is 19.1. The van der Waals surface area contributed by atoms with Crippen molar-refractivity contribution in [3.8, 4) is 22.6 Å². The molecule has 1 atom stereocenters. The third kappa shape index (κ3) is 9.46. The highest BCUT2D eigenvalue weighted by Crippen LogP contribution is 2.31. The standard InChI is InChI=1S/C43H43N3O6S/c1-28-6-5-7-38-39(28)52-42(46-38)34-19-23-36(24-20-34)45-41(48)37(25-10-29-8-11-33(12-9-29)40(47)44-26-27-53(49,50)51)32-15-13-30(14-16-32)31-17-21-35(22-18-31)43(2,3)4/h5-9,11-24,37H,10,25-27H2,1-4H3,(H,44,47)(H,45,48)(H,49,50,51)/t37-/m0/s1. The molecule has 5 aromatic carbocycles. The van der Waals surface area contributed by atoms with Crippen molar-refractivity contribution in [1.82, 2.24) is 10.3 Å². The van der Waals surface area contributed by atoms with Gasteiger partial charge in [0.1, 0.15) is 5.52 Å². The molecule has 0 aliphatic heterocycles. The van der Waals surface area contributed by atoms with E-state index in [2.05, 4.69) is 60.7 Å². The van der Waals surface area contributed by atoms with Crippen molar-refractivity contribution in [2.75, 3.05) is 17.6 Å². The summed E-state index contributed by atoms with van der Waals surface area (Å²) in [4.78, 5) is 31.1. The Hall–Kier alpha value is -5.58. The fraction of sp³-hybridized carbons (Fsp3) is 0.233. The third-order valence-electron chi connectivity index (χ3n) is 9.31. The maximum absolute atomic E-state index is 14.0. The number of oxazole rings is 1. The molecule has 53 heavy (non-hydrogen) atoms. The van der Waals surface area contributed by atoms with E-state index in [0.717, 1.165) is 44.5 Å². The van der Waals surface area contributed by atoms with E-state index >= 15 is 0 Å². The Morgan fingerprint density at radius 2 is 1.43 bits per heavy atom. The molecule has 3 N–H and O–H groups in total. The fourth-order valence-corrected chi connectivity index (χ4v) is 6.54. The highest BCUT2D eigenvalue weighted by Gasteiger charge is 2.22. The zero-order valence-electron chi connectivity index (χ0n) is 30.2. The Labute approximate surface area is 310 Å². The van der Waals surface area contributed by atoms with Gasteiger partial charge in [-0.1, -0.05) is 93.6 Å². The van der Waals surface area contributed by atoms with Gasteiger partial charge in [0.25, 0.3) is 16.0 Å². The first kappa shape index (κ1) is 37.2. The summed E-state index contributed by atoms with van der Waals surface area (Å²) in [6.07, 6.45) is 1.07. The van der Waals surface area contributed by atoms with Gasteiger partial charge in [-0.3, -0.25) is 14.1 Å². The van der Waals surface area contributed by atoms with E-state index in [-0.39, 0.29) is 17.9 Å². The van der Waals surface area contributed by atoms with Gasteiger partial charge in [-0.05, 0) is 101 Å². The molecular weight excluding hydrogens is 687 g/mol. The van der Waals surface area contributed by atoms with E-state index in [1.54, 1.807) is 12.1 Å². The summed E-state index contributed by atoms with van der Waals surface area (Å²) < 4.78 is 36.9. The number of anilines is 1. The first-order chi connectivity index (χ1) is 25.2. The SMILES string of the molecule is Cc1cccc2nc(-c3ccc(NC(=O)[C@@H](CCc4ccc(C(=O)NCCS(=O)(=O)O)cc4)c4ccc(-c5ccc(C(C)(C)C)cc5)cc4)cc3)oc12. The molecule has 6 rings (SSSR count). The average Bonchev–Trinajstić information content (AvgIpc) is 3.58. The molecule has 0 aliphatic rings. The van der Waals surface area contributed by atoms with Crippen LogP contribution in [0.4, 0.5) is 5.69 Å². The van der Waals surface area contributed by atoms with Crippen molar-refractivity contribution in [2.45, 2.75) is 51.9 Å². The molecule has 10 heteroatoms. The van der Waals surface area contributed by atoms with Crippen LogP contribution >= 0.6 is 0 Å². The van der Waals surface area contributed by atoms with Crippen LogP contribution in [0.15, 0.2) is 120 Å². The van der Waals surface area contributed by atoms with Crippen molar-refractivity contribution < 1.29 is 27.0 Å². The van der Waals surface area contributed by atoms with E-state index in [1.165, 1.54) is 5.56 Å². The number of benzene rings is 5. The fourth-order valence-electron chi connectivity index (χ4n) is 6.18. The van der Waals surface area contributed by atoms with Gasteiger partial charge in [-0.15, -0.1) is 0 Å². The predicted molar refractivity (Wildman–Crippen MR) is 210 cm³/mol. The van der Waals surface area contributed by atoms with Crippen LogP contribution in [0.3, 0.4) is 0 Å². The topological polar surface area (TPSA) is 139 Å². The molecule has 0 saturated carbocycles. The number of amides is 2. The molecule has 9 nitrogen and oxygen atoms in total. The molecule has 2 amide bonds. The molecule has 0 bridgehead atoms. The summed E-state index contributed by atoms with van der Waals surface area (Å²) in [5.41, 5.74) is 9.67.